The second-order valence-electron chi connectivity index (χ2n) is 7.07. The molecule has 0 bridgehead atoms. The van der Waals surface area contributed by atoms with Crippen LogP contribution in [-0.4, -0.2) is 58.9 Å². The Hall–Kier alpha value is -1.34. The SMILES string of the molecule is CCC1(CC)NC(=O)N(CC(=O)N2CC3CCC(N)C3C2)C1=O.Cl. The third-order valence-corrected chi connectivity index (χ3v) is 6.01. The zero-order chi connectivity index (χ0) is 16.8. The lowest BCUT2D eigenvalue weighted by atomic mass is 9.93. The van der Waals surface area contributed by atoms with Crippen LogP contribution < -0.4 is 11.1 Å². The minimum atomic E-state index is -0.846. The smallest absolute Gasteiger partial charge is 0.325 e. The summed E-state index contributed by atoms with van der Waals surface area (Å²) in [5.74, 6) is 0.407. The molecule has 136 valence electrons. The molecule has 0 radical (unpaired) electrons. The standard InChI is InChI=1S/C16H26N4O3.ClH/c1-3-16(4-2)14(22)20(15(23)18-16)9-13(21)19-7-10-5-6-12(17)11(10)8-19;/h10-12H,3-9,17H2,1-2H3,(H,18,23);1H. The van der Waals surface area contributed by atoms with Gasteiger partial charge in [-0.05, 0) is 37.5 Å². The Bertz CT molecular complexity index is 537. The van der Waals surface area contributed by atoms with Gasteiger partial charge >= 0.3 is 6.03 Å². The summed E-state index contributed by atoms with van der Waals surface area (Å²) >= 11 is 0. The first-order chi connectivity index (χ1) is 10.9. The second kappa shape index (κ2) is 6.88. The highest BCUT2D eigenvalue weighted by molar-refractivity contribution is 6.09. The normalized spacial score (nSPS) is 31.0. The molecule has 3 atom stereocenters. The van der Waals surface area contributed by atoms with Crippen LogP contribution in [0.15, 0.2) is 0 Å². The molecule has 1 aliphatic carbocycles. The van der Waals surface area contributed by atoms with Crippen LogP contribution in [-0.2, 0) is 9.59 Å². The van der Waals surface area contributed by atoms with Crippen LogP contribution in [0.2, 0.25) is 0 Å². The van der Waals surface area contributed by atoms with Crippen molar-refractivity contribution in [1.29, 1.82) is 0 Å². The summed E-state index contributed by atoms with van der Waals surface area (Å²) < 4.78 is 0. The van der Waals surface area contributed by atoms with Crippen LogP contribution in [0, 0.1) is 11.8 Å². The predicted octanol–water partition coefficient (Wildman–Crippen LogP) is 0.715. The molecule has 2 saturated heterocycles. The summed E-state index contributed by atoms with van der Waals surface area (Å²) in [4.78, 5) is 40.0. The third-order valence-electron chi connectivity index (χ3n) is 6.01. The second-order valence-corrected chi connectivity index (χ2v) is 7.07. The molecule has 3 rings (SSSR count). The van der Waals surface area contributed by atoms with Crippen molar-refractivity contribution in [2.24, 2.45) is 17.6 Å². The number of imide groups is 1. The zero-order valence-electron chi connectivity index (χ0n) is 14.3. The van der Waals surface area contributed by atoms with Crippen molar-refractivity contribution >= 4 is 30.3 Å². The molecule has 2 aliphatic heterocycles. The minimum absolute atomic E-state index is 0. The van der Waals surface area contributed by atoms with Crippen molar-refractivity contribution in [2.75, 3.05) is 19.6 Å². The molecular weight excluding hydrogens is 332 g/mol. The molecule has 7 nitrogen and oxygen atoms in total. The summed E-state index contributed by atoms with van der Waals surface area (Å²) in [6.07, 6.45) is 3.15. The number of hydrogen-bond acceptors (Lipinski definition) is 4. The maximum atomic E-state index is 12.6. The average Bonchev–Trinajstić information content (AvgIpc) is 3.17. The van der Waals surface area contributed by atoms with Gasteiger partial charge in [0, 0.05) is 19.1 Å². The molecule has 0 aromatic carbocycles. The fourth-order valence-corrected chi connectivity index (χ4v) is 4.30. The van der Waals surface area contributed by atoms with E-state index in [1.807, 2.05) is 13.8 Å². The number of carbonyl (C=O) groups is 3. The molecule has 4 amide bonds. The first kappa shape index (κ1) is 19.0. The Morgan fingerprint density at radius 2 is 1.92 bits per heavy atom. The number of nitrogens with two attached hydrogens (primary N) is 1. The molecule has 0 spiro atoms. The molecular formula is C16H27ClN4O3. The van der Waals surface area contributed by atoms with Crippen LogP contribution in [0.4, 0.5) is 4.79 Å². The lowest BCUT2D eigenvalue weighted by Crippen LogP contribution is -2.47. The van der Waals surface area contributed by atoms with Gasteiger partial charge in [-0.15, -0.1) is 12.4 Å². The highest BCUT2D eigenvalue weighted by atomic mass is 35.5. The van der Waals surface area contributed by atoms with E-state index in [1.54, 1.807) is 4.90 Å². The van der Waals surface area contributed by atoms with Gasteiger partial charge in [-0.2, -0.15) is 0 Å². The summed E-state index contributed by atoms with van der Waals surface area (Å²) in [5.41, 5.74) is 5.25. The lowest BCUT2D eigenvalue weighted by molar-refractivity contribution is -0.138. The first-order valence-corrected chi connectivity index (χ1v) is 8.59. The molecule has 3 unspecified atom stereocenters. The zero-order valence-corrected chi connectivity index (χ0v) is 15.1. The van der Waals surface area contributed by atoms with Crippen molar-refractivity contribution < 1.29 is 14.4 Å². The van der Waals surface area contributed by atoms with Gasteiger partial charge in [-0.3, -0.25) is 14.5 Å². The lowest BCUT2D eigenvalue weighted by Gasteiger charge is -2.24. The molecule has 3 fully saturated rings. The number of halogens is 1. The van der Waals surface area contributed by atoms with E-state index in [-0.39, 0.29) is 36.8 Å². The molecule has 3 N–H and O–H groups in total. The highest BCUT2D eigenvalue weighted by Gasteiger charge is 2.50. The van der Waals surface area contributed by atoms with E-state index in [0.717, 1.165) is 17.7 Å². The Labute approximate surface area is 148 Å². The number of hydrogen-bond donors (Lipinski definition) is 2. The van der Waals surface area contributed by atoms with E-state index in [1.165, 1.54) is 0 Å². The number of rotatable bonds is 4. The average molecular weight is 359 g/mol. The molecule has 1 saturated carbocycles. The van der Waals surface area contributed by atoms with Crippen LogP contribution in [0.3, 0.4) is 0 Å². The number of carbonyl (C=O) groups excluding carboxylic acids is 3. The van der Waals surface area contributed by atoms with E-state index >= 15 is 0 Å². The van der Waals surface area contributed by atoms with Gasteiger partial charge in [0.1, 0.15) is 12.1 Å². The van der Waals surface area contributed by atoms with Gasteiger partial charge in [-0.25, -0.2) is 4.79 Å². The Morgan fingerprint density at radius 1 is 1.25 bits per heavy atom. The minimum Gasteiger partial charge on any atom is -0.341 e. The molecule has 3 aliphatic rings. The number of nitrogens with one attached hydrogen (secondary N) is 1. The van der Waals surface area contributed by atoms with Gasteiger partial charge in [0.05, 0.1) is 0 Å². The van der Waals surface area contributed by atoms with Crippen molar-refractivity contribution in [2.45, 2.75) is 51.1 Å². The summed E-state index contributed by atoms with van der Waals surface area (Å²) in [7, 11) is 0. The number of amides is 4. The summed E-state index contributed by atoms with van der Waals surface area (Å²) in [5, 5.41) is 2.76. The highest BCUT2D eigenvalue weighted by Crippen LogP contribution is 2.37. The largest absolute Gasteiger partial charge is 0.341 e. The maximum absolute atomic E-state index is 12.6. The summed E-state index contributed by atoms with van der Waals surface area (Å²) in [6.45, 7) is 4.93. The van der Waals surface area contributed by atoms with Crippen molar-refractivity contribution in [3.63, 3.8) is 0 Å². The topological polar surface area (TPSA) is 95.7 Å². The quantitative estimate of drug-likeness (QED) is 0.723. The Kier molecular flexibility index (Phi) is 5.44. The first-order valence-electron chi connectivity index (χ1n) is 8.59. The van der Waals surface area contributed by atoms with Gasteiger partial charge < -0.3 is 16.0 Å². The summed E-state index contributed by atoms with van der Waals surface area (Å²) in [6, 6.07) is -0.287. The maximum Gasteiger partial charge on any atom is 0.325 e. The Morgan fingerprint density at radius 3 is 2.46 bits per heavy atom. The molecule has 0 aromatic rings. The van der Waals surface area contributed by atoms with E-state index < -0.39 is 11.6 Å². The molecule has 0 aromatic heterocycles. The van der Waals surface area contributed by atoms with Crippen LogP contribution in [0.25, 0.3) is 0 Å². The fraction of sp³-hybridized carbons (Fsp3) is 0.812. The fourth-order valence-electron chi connectivity index (χ4n) is 4.30. The number of fused-ring (bicyclic) bond motifs is 1. The number of urea groups is 1. The molecule has 8 heteroatoms. The predicted molar refractivity (Wildman–Crippen MR) is 91.6 cm³/mol. The Balaban J connectivity index is 0.00000208. The van der Waals surface area contributed by atoms with Gasteiger partial charge in [0.15, 0.2) is 0 Å². The van der Waals surface area contributed by atoms with E-state index in [2.05, 4.69) is 5.32 Å². The van der Waals surface area contributed by atoms with Crippen LogP contribution >= 0.6 is 12.4 Å². The van der Waals surface area contributed by atoms with Crippen molar-refractivity contribution in [3.8, 4) is 0 Å². The van der Waals surface area contributed by atoms with Gasteiger partial charge in [-0.1, -0.05) is 13.8 Å². The van der Waals surface area contributed by atoms with Gasteiger partial charge in [0.25, 0.3) is 5.91 Å². The monoisotopic (exact) mass is 358 g/mol. The molecule has 2 heterocycles. The van der Waals surface area contributed by atoms with Gasteiger partial charge in [0.2, 0.25) is 5.91 Å². The molecule has 24 heavy (non-hydrogen) atoms. The van der Waals surface area contributed by atoms with E-state index in [9.17, 15) is 14.4 Å². The van der Waals surface area contributed by atoms with Crippen LogP contribution in [0.1, 0.15) is 39.5 Å². The van der Waals surface area contributed by atoms with Crippen molar-refractivity contribution in [3.05, 3.63) is 0 Å². The number of likely N-dealkylation sites (tertiary alicyclic amines) is 1. The third kappa shape index (κ3) is 2.88. The van der Waals surface area contributed by atoms with E-state index in [4.69, 9.17) is 5.73 Å². The number of nitrogens with zero attached hydrogens (tertiary/aromatic N) is 2. The van der Waals surface area contributed by atoms with E-state index in [0.29, 0.717) is 37.8 Å². The van der Waals surface area contributed by atoms with Crippen LogP contribution in [0.5, 0.6) is 0 Å². The van der Waals surface area contributed by atoms with Crippen molar-refractivity contribution in [1.82, 2.24) is 15.1 Å².